The standard InChI is InChI=1S/C14H9FN6O.C7H14/c15-9-2-1-3-11(22)14(9)10-4-12(21-20-10)19-13-7-17-8(5-16)6-18-13;1-2-4-6-7-5-3-1/h1-4,6-7,22H,(H2,18,19,20,21);1-7H2. The van der Waals surface area contributed by atoms with Gasteiger partial charge in [0.05, 0.1) is 23.7 Å². The summed E-state index contributed by atoms with van der Waals surface area (Å²) in [6.45, 7) is 0. The van der Waals surface area contributed by atoms with Crippen molar-refractivity contribution in [3.8, 4) is 23.1 Å². The minimum absolute atomic E-state index is 0.0361. The predicted molar refractivity (Wildman–Crippen MR) is 108 cm³/mol. The number of nitriles is 1. The van der Waals surface area contributed by atoms with Crippen LogP contribution in [0.4, 0.5) is 16.0 Å². The number of aromatic amines is 1. The lowest BCUT2D eigenvalue weighted by Crippen LogP contribution is -1.95. The van der Waals surface area contributed by atoms with E-state index in [1.54, 1.807) is 0 Å². The second-order valence-electron chi connectivity index (χ2n) is 6.80. The van der Waals surface area contributed by atoms with E-state index in [2.05, 4.69) is 25.5 Å². The molecule has 0 aliphatic heterocycles. The third-order valence-corrected chi connectivity index (χ3v) is 4.61. The summed E-state index contributed by atoms with van der Waals surface area (Å²) in [4.78, 5) is 7.85. The van der Waals surface area contributed by atoms with Gasteiger partial charge in [-0.25, -0.2) is 14.4 Å². The van der Waals surface area contributed by atoms with Gasteiger partial charge in [0.25, 0.3) is 0 Å². The number of anilines is 2. The molecule has 1 aliphatic rings. The molecule has 1 fully saturated rings. The summed E-state index contributed by atoms with van der Waals surface area (Å²) in [6.07, 6.45) is 13.2. The van der Waals surface area contributed by atoms with Crippen LogP contribution in [0.25, 0.3) is 11.3 Å². The highest BCUT2D eigenvalue weighted by molar-refractivity contribution is 5.70. The Bertz CT molecular complexity index is 924. The van der Waals surface area contributed by atoms with E-state index in [1.807, 2.05) is 6.07 Å². The predicted octanol–water partition coefficient (Wildman–Crippen LogP) is 5.06. The van der Waals surface area contributed by atoms with Crippen LogP contribution in [0.3, 0.4) is 0 Å². The van der Waals surface area contributed by atoms with Gasteiger partial charge in [0.2, 0.25) is 0 Å². The average molecular weight is 394 g/mol. The van der Waals surface area contributed by atoms with Gasteiger partial charge in [-0.3, -0.25) is 5.10 Å². The van der Waals surface area contributed by atoms with Crippen LogP contribution >= 0.6 is 0 Å². The Morgan fingerprint density at radius 1 is 1.00 bits per heavy atom. The third kappa shape index (κ3) is 5.75. The fourth-order valence-electron chi connectivity index (χ4n) is 3.11. The fraction of sp³-hybridized carbons (Fsp3) is 0.333. The van der Waals surface area contributed by atoms with Crippen molar-refractivity contribution < 1.29 is 9.50 Å². The second kappa shape index (κ2) is 10.2. The lowest BCUT2D eigenvalue weighted by molar-refractivity contribution is 0.471. The van der Waals surface area contributed by atoms with Gasteiger partial charge in [-0.1, -0.05) is 51.0 Å². The van der Waals surface area contributed by atoms with Crippen LogP contribution in [0, 0.1) is 17.1 Å². The second-order valence-corrected chi connectivity index (χ2v) is 6.80. The van der Waals surface area contributed by atoms with E-state index in [0.717, 1.165) is 0 Å². The summed E-state index contributed by atoms with van der Waals surface area (Å²) in [5, 5.41) is 27.8. The van der Waals surface area contributed by atoms with Crippen molar-refractivity contribution in [1.29, 1.82) is 5.26 Å². The van der Waals surface area contributed by atoms with Crippen molar-refractivity contribution in [2.45, 2.75) is 44.9 Å². The Morgan fingerprint density at radius 2 is 1.69 bits per heavy atom. The third-order valence-electron chi connectivity index (χ3n) is 4.61. The van der Waals surface area contributed by atoms with E-state index < -0.39 is 5.82 Å². The van der Waals surface area contributed by atoms with Crippen LogP contribution in [0.2, 0.25) is 0 Å². The van der Waals surface area contributed by atoms with Crippen LogP contribution in [-0.2, 0) is 0 Å². The molecule has 4 rings (SSSR count). The Morgan fingerprint density at radius 3 is 2.24 bits per heavy atom. The summed E-state index contributed by atoms with van der Waals surface area (Å²) in [7, 11) is 0. The van der Waals surface area contributed by atoms with Gasteiger partial charge < -0.3 is 10.4 Å². The van der Waals surface area contributed by atoms with Gasteiger partial charge in [0.1, 0.15) is 23.5 Å². The number of benzene rings is 1. The van der Waals surface area contributed by atoms with Crippen molar-refractivity contribution in [2.75, 3.05) is 5.32 Å². The number of nitrogens with zero attached hydrogens (tertiary/aromatic N) is 4. The van der Waals surface area contributed by atoms with Crippen molar-refractivity contribution in [2.24, 2.45) is 0 Å². The zero-order valence-corrected chi connectivity index (χ0v) is 16.0. The topological polar surface area (TPSA) is 111 Å². The molecule has 1 aliphatic carbocycles. The Kier molecular flexibility index (Phi) is 7.11. The summed E-state index contributed by atoms with van der Waals surface area (Å²) in [6, 6.07) is 7.43. The summed E-state index contributed by atoms with van der Waals surface area (Å²) in [5.74, 6) is 0.00759. The maximum atomic E-state index is 13.8. The lowest BCUT2D eigenvalue weighted by Gasteiger charge is -2.02. The van der Waals surface area contributed by atoms with E-state index in [9.17, 15) is 9.50 Å². The quantitative estimate of drug-likeness (QED) is 0.536. The maximum Gasteiger partial charge on any atom is 0.158 e. The highest BCUT2D eigenvalue weighted by atomic mass is 19.1. The van der Waals surface area contributed by atoms with Crippen molar-refractivity contribution in [3.63, 3.8) is 0 Å². The van der Waals surface area contributed by atoms with Gasteiger partial charge in [-0.15, -0.1) is 0 Å². The van der Waals surface area contributed by atoms with E-state index >= 15 is 0 Å². The summed E-state index contributed by atoms with van der Waals surface area (Å²) >= 11 is 0. The average Bonchev–Trinajstić information content (AvgIpc) is 2.98. The number of hydrogen-bond donors (Lipinski definition) is 3. The molecule has 0 bridgehead atoms. The number of rotatable bonds is 3. The number of phenols is 1. The van der Waals surface area contributed by atoms with Gasteiger partial charge in [0, 0.05) is 6.07 Å². The Balaban J connectivity index is 0.000000290. The molecule has 1 aromatic carbocycles. The molecule has 0 saturated heterocycles. The highest BCUT2D eigenvalue weighted by Gasteiger charge is 2.13. The smallest absolute Gasteiger partial charge is 0.158 e. The SMILES string of the molecule is C1CCCCCC1.N#Cc1cnc(Nc2cc(-c3c(O)cccc3F)[nH]n2)cn1. The molecule has 8 heteroatoms. The molecule has 150 valence electrons. The Hall–Kier alpha value is -3.47. The summed E-state index contributed by atoms with van der Waals surface area (Å²) in [5.41, 5.74) is 0.554. The van der Waals surface area contributed by atoms with Crippen LogP contribution in [0.15, 0.2) is 36.7 Å². The monoisotopic (exact) mass is 394 g/mol. The summed E-state index contributed by atoms with van der Waals surface area (Å²) < 4.78 is 13.8. The zero-order valence-electron chi connectivity index (χ0n) is 16.0. The molecule has 7 nitrogen and oxygen atoms in total. The normalized spacial score (nSPS) is 13.5. The molecule has 0 spiro atoms. The lowest BCUT2D eigenvalue weighted by atomic mass is 10.1. The van der Waals surface area contributed by atoms with Crippen LogP contribution in [0.5, 0.6) is 5.75 Å². The molecule has 3 aromatic rings. The molecule has 2 heterocycles. The molecule has 2 aromatic heterocycles. The van der Waals surface area contributed by atoms with E-state index in [0.29, 0.717) is 17.3 Å². The first-order chi connectivity index (χ1) is 14.2. The van der Waals surface area contributed by atoms with Crippen LogP contribution in [0.1, 0.15) is 50.6 Å². The van der Waals surface area contributed by atoms with Crippen molar-refractivity contribution >= 4 is 11.6 Å². The van der Waals surface area contributed by atoms with E-state index in [-0.39, 0.29) is 17.0 Å². The van der Waals surface area contributed by atoms with Gasteiger partial charge in [0.15, 0.2) is 11.5 Å². The molecule has 1 saturated carbocycles. The first-order valence-corrected chi connectivity index (χ1v) is 9.70. The zero-order chi connectivity index (χ0) is 20.5. The van der Waals surface area contributed by atoms with Gasteiger partial charge in [-0.05, 0) is 12.1 Å². The number of aromatic nitrogens is 4. The maximum absolute atomic E-state index is 13.8. The largest absolute Gasteiger partial charge is 0.507 e. The van der Waals surface area contributed by atoms with Gasteiger partial charge in [-0.2, -0.15) is 10.4 Å². The van der Waals surface area contributed by atoms with Crippen LogP contribution in [-0.4, -0.2) is 25.3 Å². The minimum Gasteiger partial charge on any atom is -0.507 e. The molecule has 0 atom stereocenters. The molecule has 3 N–H and O–H groups in total. The number of aromatic hydroxyl groups is 1. The number of H-pyrrole nitrogens is 1. The van der Waals surface area contributed by atoms with E-state index in [1.165, 1.54) is 81.6 Å². The highest BCUT2D eigenvalue weighted by Crippen LogP contribution is 2.31. The molecular weight excluding hydrogens is 371 g/mol. The van der Waals surface area contributed by atoms with Crippen molar-refractivity contribution in [3.05, 3.63) is 48.2 Å². The minimum atomic E-state index is -0.562. The number of phenolic OH excluding ortho intramolecular Hbond substituents is 1. The molecule has 29 heavy (non-hydrogen) atoms. The molecule has 0 amide bonds. The number of halogens is 1. The number of nitrogens with one attached hydrogen (secondary N) is 2. The molecule has 0 unspecified atom stereocenters. The van der Waals surface area contributed by atoms with Gasteiger partial charge >= 0.3 is 0 Å². The first-order valence-electron chi connectivity index (χ1n) is 9.70. The fourth-order valence-corrected chi connectivity index (χ4v) is 3.11. The molecule has 0 radical (unpaired) electrons. The van der Waals surface area contributed by atoms with Crippen LogP contribution < -0.4 is 5.32 Å². The Labute approximate surface area is 168 Å². The number of hydrogen-bond acceptors (Lipinski definition) is 6. The molecular formula is C21H23FN6O. The first kappa shape index (κ1) is 20.3. The van der Waals surface area contributed by atoms with E-state index in [4.69, 9.17) is 5.26 Å². The van der Waals surface area contributed by atoms with Crippen molar-refractivity contribution in [1.82, 2.24) is 20.2 Å².